The number of halogens is 3. The number of ether oxygens (including phenoxy) is 1. The number of hydrogen-bond donors (Lipinski definition) is 0. The van der Waals surface area contributed by atoms with Crippen LogP contribution in [0.15, 0.2) is 12.5 Å². The molecule has 1 rings (SSSR count). The first-order valence-electron chi connectivity index (χ1n) is 5.48. The third kappa shape index (κ3) is 4.08. The molecule has 1 heterocycles. The smallest absolute Gasteiger partial charge is 0.405 e. The molecule has 0 aliphatic rings. The van der Waals surface area contributed by atoms with Crippen LogP contribution in [0, 0.1) is 0 Å². The van der Waals surface area contributed by atoms with E-state index < -0.39 is 24.7 Å². The lowest BCUT2D eigenvalue weighted by Crippen LogP contribution is -2.40. The second kappa shape index (κ2) is 5.85. The maximum atomic E-state index is 12.6. The van der Waals surface area contributed by atoms with E-state index in [-0.39, 0.29) is 11.4 Å². The van der Waals surface area contributed by atoms with E-state index in [1.54, 1.807) is 13.8 Å². The molecule has 1 aromatic heterocycles. The van der Waals surface area contributed by atoms with Crippen molar-refractivity contribution < 1.29 is 22.7 Å². The first-order valence-corrected chi connectivity index (χ1v) is 5.48. The van der Waals surface area contributed by atoms with Crippen LogP contribution in [-0.4, -0.2) is 41.8 Å². The van der Waals surface area contributed by atoms with Gasteiger partial charge in [-0.2, -0.15) is 13.2 Å². The average molecular weight is 277 g/mol. The summed E-state index contributed by atoms with van der Waals surface area (Å²) in [5.74, 6) is -0.863. The summed E-state index contributed by atoms with van der Waals surface area (Å²) in [5.41, 5.74) is -0.0945. The molecule has 0 saturated heterocycles. The summed E-state index contributed by atoms with van der Waals surface area (Å²) in [6, 6.07) is -0.486. The number of esters is 1. The number of alkyl halides is 3. The van der Waals surface area contributed by atoms with Crippen LogP contribution in [0.4, 0.5) is 19.0 Å². The van der Waals surface area contributed by atoms with Gasteiger partial charge in [0.05, 0.1) is 7.11 Å². The average Bonchev–Trinajstić information content (AvgIpc) is 2.33. The number of nitrogens with zero attached hydrogens (tertiary/aromatic N) is 3. The first kappa shape index (κ1) is 15.2. The van der Waals surface area contributed by atoms with Gasteiger partial charge in [-0.05, 0) is 13.8 Å². The van der Waals surface area contributed by atoms with Gasteiger partial charge in [0.25, 0.3) is 0 Å². The summed E-state index contributed by atoms with van der Waals surface area (Å²) in [7, 11) is 1.14. The molecule has 0 unspecified atom stereocenters. The van der Waals surface area contributed by atoms with Crippen molar-refractivity contribution in [3.8, 4) is 0 Å². The molecule has 0 bridgehead atoms. The van der Waals surface area contributed by atoms with Crippen LogP contribution in [0.3, 0.4) is 0 Å². The predicted octanol–water partition coefficient (Wildman–Crippen LogP) is 2.04. The lowest BCUT2D eigenvalue weighted by Gasteiger charge is -2.29. The van der Waals surface area contributed by atoms with E-state index in [9.17, 15) is 18.0 Å². The van der Waals surface area contributed by atoms with E-state index in [4.69, 9.17) is 0 Å². The van der Waals surface area contributed by atoms with E-state index in [0.717, 1.165) is 24.5 Å². The van der Waals surface area contributed by atoms with E-state index in [1.165, 1.54) is 0 Å². The third-order valence-electron chi connectivity index (χ3n) is 2.34. The Hall–Kier alpha value is -1.86. The van der Waals surface area contributed by atoms with Crippen LogP contribution in [0.1, 0.15) is 24.2 Å². The van der Waals surface area contributed by atoms with Crippen LogP contribution < -0.4 is 4.90 Å². The highest BCUT2D eigenvalue weighted by Crippen LogP contribution is 2.25. The molecule has 0 atom stereocenters. The number of anilines is 1. The van der Waals surface area contributed by atoms with Crippen LogP contribution >= 0.6 is 0 Å². The lowest BCUT2D eigenvalue weighted by atomic mass is 10.2. The minimum Gasteiger partial charge on any atom is -0.465 e. The number of carbonyl (C=O) groups is 1. The second-order valence-corrected chi connectivity index (χ2v) is 4.09. The minimum absolute atomic E-state index is 0.0887. The van der Waals surface area contributed by atoms with Gasteiger partial charge in [-0.1, -0.05) is 0 Å². The van der Waals surface area contributed by atoms with E-state index in [2.05, 4.69) is 14.7 Å². The monoisotopic (exact) mass is 277 g/mol. The summed E-state index contributed by atoms with van der Waals surface area (Å²) < 4.78 is 42.2. The quantitative estimate of drug-likeness (QED) is 0.788. The Balaban J connectivity index is 3.20. The van der Waals surface area contributed by atoms with Crippen molar-refractivity contribution in [2.24, 2.45) is 0 Å². The Kier molecular flexibility index (Phi) is 4.68. The van der Waals surface area contributed by atoms with Gasteiger partial charge in [0.15, 0.2) is 0 Å². The molecule has 1 aromatic rings. The number of rotatable bonds is 4. The fourth-order valence-corrected chi connectivity index (χ4v) is 1.50. The van der Waals surface area contributed by atoms with Crippen molar-refractivity contribution in [2.75, 3.05) is 18.6 Å². The molecule has 0 aromatic carbocycles. The van der Waals surface area contributed by atoms with Crippen LogP contribution in [0.5, 0.6) is 0 Å². The lowest BCUT2D eigenvalue weighted by molar-refractivity contribution is -0.120. The zero-order valence-corrected chi connectivity index (χ0v) is 10.7. The van der Waals surface area contributed by atoms with Crippen LogP contribution in [0.25, 0.3) is 0 Å². The van der Waals surface area contributed by atoms with Crippen LogP contribution in [-0.2, 0) is 4.74 Å². The molecule has 0 fully saturated rings. The maximum absolute atomic E-state index is 12.6. The fourth-order valence-electron chi connectivity index (χ4n) is 1.50. The van der Waals surface area contributed by atoms with Gasteiger partial charge in [0.2, 0.25) is 0 Å². The summed E-state index contributed by atoms with van der Waals surface area (Å²) in [4.78, 5) is 19.9. The van der Waals surface area contributed by atoms with Gasteiger partial charge < -0.3 is 9.64 Å². The first-order chi connectivity index (χ1) is 8.76. The molecule has 0 aliphatic heterocycles. The van der Waals surface area contributed by atoms with Crippen molar-refractivity contribution in [3.63, 3.8) is 0 Å². The molecular weight excluding hydrogens is 263 g/mol. The Labute approximate surface area is 108 Å². The largest absolute Gasteiger partial charge is 0.465 e. The number of carbonyl (C=O) groups excluding carboxylic acids is 1. The molecule has 0 amide bonds. The third-order valence-corrected chi connectivity index (χ3v) is 2.34. The van der Waals surface area contributed by atoms with Crippen molar-refractivity contribution in [1.29, 1.82) is 0 Å². The van der Waals surface area contributed by atoms with Crippen molar-refractivity contribution in [3.05, 3.63) is 18.1 Å². The highest BCUT2D eigenvalue weighted by atomic mass is 19.4. The molecule has 19 heavy (non-hydrogen) atoms. The predicted molar refractivity (Wildman–Crippen MR) is 61.9 cm³/mol. The molecule has 106 valence electrons. The minimum atomic E-state index is -4.40. The molecule has 0 spiro atoms. The zero-order chi connectivity index (χ0) is 14.6. The SMILES string of the molecule is COC(=O)c1cncnc1N(CC(F)(F)F)C(C)C. The molecule has 0 radical (unpaired) electrons. The fraction of sp³-hybridized carbons (Fsp3) is 0.545. The van der Waals surface area contributed by atoms with Gasteiger partial charge in [0, 0.05) is 12.2 Å². The molecule has 0 saturated carbocycles. The Morgan fingerprint density at radius 3 is 2.58 bits per heavy atom. The maximum Gasteiger partial charge on any atom is 0.405 e. The van der Waals surface area contributed by atoms with Gasteiger partial charge >= 0.3 is 12.1 Å². The molecule has 0 N–H and O–H groups in total. The topological polar surface area (TPSA) is 55.3 Å². The van der Waals surface area contributed by atoms with E-state index >= 15 is 0 Å². The highest BCUT2D eigenvalue weighted by Gasteiger charge is 2.34. The van der Waals surface area contributed by atoms with Gasteiger partial charge in [-0.15, -0.1) is 0 Å². The van der Waals surface area contributed by atoms with Gasteiger partial charge in [-0.3, -0.25) is 0 Å². The van der Waals surface area contributed by atoms with Gasteiger partial charge in [-0.25, -0.2) is 14.8 Å². The Morgan fingerprint density at radius 1 is 1.47 bits per heavy atom. The second-order valence-electron chi connectivity index (χ2n) is 4.09. The van der Waals surface area contributed by atoms with E-state index in [0.29, 0.717) is 0 Å². The van der Waals surface area contributed by atoms with Crippen molar-refractivity contribution in [1.82, 2.24) is 9.97 Å². The molecule has 8 heteroatoms. The zero-order valence-electron chi connectivity index (χ0n) is 10.7. The normalized spacial score (nSPS) is 11.5. The standard InChI is InChI=1S/C11H14F3N3O2/c1-7(2)17(5-11(12,13)14)9-8(10(18)19-3)4-15-6-16-9/h4,6-7H,5H2,1-3H3. The number of aromatic nitrogens is 2. The van der Waals surface area contributed by atoms with Crippen molar-refractivity contribution >= 4 is 11.8 Å². The van der Waals surface area contributed by atoms with Gasteiger partial charge in [0.1, 0.15) is 24.3 Å². The highest BCUT2D eigenvalue weighted by molar-refractivity contribution is 5.94. The Bertz CT molecular complexity index is 449. The number of methoxy groups -OCH3 is 1. The summed E-state index contributed by atoms with van der Waals surface area (Å²) in [6.07, 6.45) is -2.17. The molecule has 5 nitrogen and oxygen atoms in total. The molecular formula is C11H14F3N3O2. The van der Waals surface area contributed by atoms with Crippen LogP contribution in [0.2, 0.25) is 0 Å². The van der Waals surface area contributed by atoms with Crippen molar-refractivity contribution in [2.45, 2.75) is 26.1 Å². The number of hydrogen-bond acceptors (Lipinski definition) is 5. The summed E-state index contributed by atoms with van der Waals surface area (Å²) in [6.45, 7) is 1.95. The summed E-state index contributed by atoms with van der Waals surface area (Å²) in [5, 5.41) is 0. The molecule has 0 aliphatic carbocycles. The summed E-state index contributed by atoms with van der Waals surface area (Å²) >= 11 is 0. The van der Waals surface area contributed by atoms with E-state index in [1.807, 2.05) is 0 Å². The Morgan fingerprint density at radius 2 is 2.11 bits per heavy atom.